The van der Waals surface area contributed by atoms with Crippen LogP contribution in [0.5, 0.6) is 0 Å². The Kier molecular flexibility index (Phi) is 4.58. The van der Waals surface area contributed by atoms with Crippen molar-refractivity contribution in [1.29, 1.82) is 0 Å². The largest absolute Gasteiger partial charge is 0.488 e. The van der Waals surface area contributed by atoms with E-state index in [4.69, 9.17) is 0 Å². The summed E-state index contributed by atoms with van der Waals surface area (Å²) >= 11 is 0. The van der Waals surface area contributed by atoms with Crippen LogP contribution in [0.4, 0.5) is 0 Å². The van der Waals surface area contributed by atoms with E-state index in [9.17, 15) is 20.1 Å². The first kappa shape index (κ1) is 18.2. The minimum absolute atomic E-state index is 0.240. The lowest BCUT2D eigenvalue weighted by atomic mass is 9.61. The van der Waals surface area contributed by atoms with Crippen LogP contribution in [0.1, 0.15) is 38.8 Å². The van der Waals surface area contributed by atoms with E-state index < -0.39 is 14.2 Å². The maximum Gasteiger partial charge on any atom is 0.488 e. The van der Waals surface area contributed by atoms with Gasteiger partial charge < -0.3 is 20.1 Å². The maximum absolute atomic E-state index is 9.63. The molecule has 1 aliphatic carbocycles. The second-order valence-corrected chi connectivity index (χ2v) is 7.54. The summed E-state index contributed by atoms with van der Waals surface area (Å²) in [4.78, 5) is 0. The summed E-state index contributed by atoms with van der Waals surface area (Å²) in [6, 6.07) is 11.1. The predicted molar refractivity (Wildman–Crippen MR) is 102 cm³/mol. The number of benzene rings is 2. The van der Waals surface area contributed by atoms with Crippen molar-refractivity contribution < 1.29 is 20.1 Å². The molecule has 0 saturated carbocycles. The van der Waals surface area contributed by atoms with Crippen LogP contribution in [0, 0.1) is 11.8 Å². The second kappa shape index (κ2) is 6.29. The van der Waals surface area contributed by atoms with Crippen LogP contribution in [0.25, 0.3) is 11.1 Å². The predicted octanol–water partition coefficient (Wildman–Crippen LogP) is 0.625. The van der Waals surface area contributed by atoms with Crippen LogP contribution >= 0.6 is 0 Å². The van der Waals surface area contributed by atoms with E-state index in [1.165, 1.54) is 0 Å². The molecule has 0 saturated heterocycles. The van der Waals surface area contributed by atoms with Crippen LogP contribution in [0.3, 0.4) is 0 Å². The van der Waals surface area contributed by atoms with Crippen LogP contribution < -0.4 is 10.9 Å². The first-order valence-corrected chi connectivity index (χ1v) is 8.72. The summed E-state index contributed by atoms with van der Waals surface area (Å²) in [5.74, 6) is 0.481. The average molecular weight is 338 g/mol. The summed E-state index contributed by atoms with van der Waals surface area (Å²) < 4.78 is 0. The molecule has 4 N–H and O–H groups in total. The van der Waals surface area contributed by atoms with E-state index in [0.717, 1.165) is 22.3 Å². The van der Waals surface area contributed by atoms with Gasteiger partial charge in [-0.15, -0.1) is 0 Å². The molecule has 2 aromatic rings. The fraction of sp³-hybridized carbons (Fsp3) is 0.368. The zero-order valence-electron chi connectivity index (χ0n) is 15.1. The molecule has 0 amide bonds. The molecule has 6 heteroatoms. The van der Waals surface area contributed by atoms with E-state index in [0.29, 0.717) is 10.9 Å². The number of hydrogen-bond acceptors (Lipinski definition) is 4. The van der Waals surface area contributed by atoms with Crippen molar-refractivity contribution in [2.75, 3.05) is 0 Å². The lowest BCUT2D eigenvalue weighted by Gasteiger charge is -2.40. The molecule has 3 rings (SSSR count). The van der Waals surface area contributed by atoms with Crippen molar-refractivity contribution in [2.45, 2.75) is 33.1 Å². The van der Waals surface area contributed by atoms with E-state index in [1.54, 1.807) is 12.1 Å². The Bertz CT molecular complexity index is 733. The monoisotopic (exact) mass is 338 g/mol. The van der Waals surface area contributed by atoms with Gasteiger partial charge in [0, 0.05) is 5.41 Å². The molecule has 0 spiro atoms. The summed E-state index contributed by atoms with van der Waals surface area (Å²) in [7, 11) is -3.03. The van der Waals surface area contributed by atoms with Crippen LogP contribution in [0.15, 0.2) is 36.4 Å². The molecule has 25 heavy (non-hydrogen) atoms. The van der Waals surface area contributed by atoms with Gasteiger partial charge in [0.15, 0.2) is 0 Å². The van der Waals surface area contributed by atoms with Gasteiger partial charge in [-0.1, -0.05) is 64.1 Å². The molecule has 0 aliphatic heterocycles. The lowest BCUT2D eigenvalue weighted by Crippen LogP contribution is -2.40. The highest BCUT2D eigenvalue weighted by Crippen LogP contribution is 2.55. The van der Waals surface area contributed by atoms with Gasteiger partial charge in [0.25, 0.3) is 0 Å². The van der Waals surface area contributed by atoms with Gasteiger partial charge in [-0.25, -0.2) is 0 Å². The third kappa shape index (κ3) is 2.56. The van der Waals surface area contributed by atoms with Crippen molar-refractivity contribution in [3.8, 4) is 11.1 Å². The molecule has 0 bridgehead atoms. The van der Waals surface area contributed by atoms with Gasteiger partial charge in [0.1, 0.15) is 0 Å². The molecule has 0 radical (unpaired) electrons. The Morgan fingerprint density at radius 2 is 1.04 bits per heavy atom. The van der Waals surface area contributed by atoms with Crippen molar-refractivity contribution in [3.05, 3.63) is 47.5 Å². The minimum atomic E-state index is -1.51. The van der Waals surface area contributed by atoms with Crippen molar-refractivity contribution in [3.63, 3.8) is 0 Å². The lowest BCUT2D eigenvalue weighted by molar-refractivity contribution is 0.280. The fourth-order valence-corrected chi connectivity index (χ4v) is 4.65. The zero-order valence-corrected chi connectivity index (χ0v) is 15.1. The fourth-order valence-electron chi connectivity index (χ4n) is 4.65. The smallest absolute Gasteiger partial charge is 0.423 e. The Labute approximate surface area is 149 Å². The van der Waals surface area contributed by atoms with Crippen LogP contribution in [0.2, 0.25) is 0 Å². The molecule has 0 aromatic heterocycles. The van der Waals surface area contributed by atoms with Gasteiger partial charge in [0.2, 0.25) is 0 Å². The van der Waals surface area contributed by atoms with Gasteiger partial charge in [-0.3, -0.25) is 0 Å². The van der Waals surface area contributed by atoms with Crippen molar-refractivity contribution in [2.24, 2.45) is 11.8 Å². The Balaban J connectivity index is 2.37. The summed E-state index contributed by atoms with van der Waals surface area (Å²) in [5, 5.41) is 38.5. The van der Waals surface area contributed by atoms with Crippen LogP contribution in [-0.4, -0.2) is 34.3 Å². The summed E-state index contributed by atoms with van der Waals surface area (Å²) in [6.07, 6.45) is 0. The Morgan fingerprint density at radius 3 is 1.32 bits per heavy atom. The van der Waals surface area contributed by atoms with Crippen molar-refractivity contribution >= 4 is 25.2 Å². The molecule has 0 unspecified atom stereocenters. The van der Waals surface area contributed by atoms with Gasteiger partial charge in [0.05, 0.1) is 0 Å². The Hall–Kier alpha value is -1.59. The zero-order chi connectivity index (χ0) is 18.5. The molecule has 0 fully saturated rings. The molecule has 0 atom stereocenters. The standard InChI is InChI=1S/C19H24B2O4/c1-11(2)19(12(3)4)17-9-13(20(22)23)5-7-15(17)16-8-6-14(21(24)25)10-18(16)19/h5-12,22-25H,1-4H3. The molecule has 130 valence electrons. The maximum atomic E-state index is 9.63. The highest BCUT2D eigenvalue weighted by molar-refractivity contribution is 6.59. The van der Waals surface area contributed by atoms with Crippen LogP contribution in [-0.2, 0) is 5.41 Å². The van der Waals surface area contributed by atoms with E-state index >= 15 is 0 Å². The second-order valence-electron chi connectivity index (χ2n) is 7.54. The number of fused-ring (bicyclic) bond motifs is 3. The van der Waals surface area contributed by atoms with Crippen molar-refractivity contribution in [1.82, 2.24) is 0 Å². The first-order valence-electron chi connectivity index (χ1n) is 8.72. The molecular formula is C19H24B2O4. The third-order valence-corrected chi connectivity index (χ3v) is 5.69. The first-order chi connectivity index (χ1) is 11.7. The molecular weight excluding hydrogens is 314 g/mol. The van der Waals surface area contributed by atoms with E-state index in [1.807, 2.05) is 24.3 Å². The molecule has 4 nitrogen and oxygen atoms in total. The topological polar surface area (TPSA) is 80.9 Å². The van der Waals surface area contributed by atoms with Gasteiger partial charge in [-0.05, 0) is 45.0 Å². The van der Waals surface area contributed by atoms with E-state index in [2.05, 4.69) is 27.7 Å². The Morgan fingerprint density at radius 1 is 0.680 bits per heavy atom. The average Bonchev–Trinajstić information content (AvgIpc) is 2.84. The quantitative estimate of drug-likeness (QED) is 0.617. The number of rotatable bonds is 4. The normalized spacial score (nSPS) is 14.6. The summed E-state index contributed by atoms with van der Waals surface area (Å²) in [5.41, 5.74) is 4.90. The highest BCUT2D eigenvalue weighted by Gasteiger charge is 2.48. The molecule has 0 heterocycles. The highest BCUT2D eigenvalue weighted by atomic mass is 16.4. The molecule has 1 aliphatic rings. The number of hydrogen-bond donors (Lipinski definition) is 4. The van der Waals surface area contributed by atoms with E-state index in [-0.39, 0.29) is 17.3 Å². The minimum Gasteiger partial charge on any atom is -0.423 e. The molecule has 2 aromatic carbocycles. The third-order valence-electron chi connectivity index (χ3n) is 5.69. The SMILES string of the molecule is CC(C)C1(C(C)C)c2cc(B(O)O)ccc2-c2ccc(B(O)O)cc21. The van der Waals surface area contributed by atoms with Gasteiger partial charge >= 0.3 is 14.2 Å². The van der Waals surface area contributed by atoms with Gasteiger partial charge in [-0.2, -0.15) is 0 Å². The summed E-state index contributed by atoms with van der Waals surface area (Å²) in [6.45, 7) is 8.62.